The standard InChI is InChI=1S/C12H16BrN3S/c1-3-8-15-12(14-4-2)16-9-7-10-5-6-11(13)17-10/h1,5-6H,4,7-9H2,2H3,(H2,14,15,16). The predicted molar refractivity (Wildman–Crippen MR) is 78.5 cm³/mol. The summed E-state index contributed by atoms with van der Waals surface area (Å²) in [4.78, 5) is 5.77. The highest BCUT2D eigenvalue weighted by Gasteiger charge is 1.98. The van der Waals surface area contributed by atoms with Gasteiger partial charge in [0.1, 0.15) is 0 Å². The number of hydrogen-bond donors (Lipinski definition) is 2. The van der Waals surface area contributed by atoms with Gasteiger partial charge in [0, 0.05) is 24.4 Å². The van der Waals surface area contributed by atoms with Crippen molar-refractivity contribution in [2.75, 3.05) is 19.6 Å². The van der Waals surface area contributed by atoms with E-state index >= 15 is 0 Å². The Balaban J connectivity index is 2.40. The second-order valence-corrected chi connectivity index (χ2v) is 5.82. The molecule has 0 aliphatic rings. The zero-order valence-corrected chi connectivity index (χ0v) is 12.2. The molecule has 0 aliphatic carbocycles. The molecule has 0 radical (unpaired) electrons. The first-order valence-electron chi connectivity index (χ1n) is 5.46. The summed E-state index contributed by atoms with van der Waals surface area (Å²) in [6, 6.07) is 4.18. The van der Waals surface area contributed by atoms with Crippen molar-refractivity contribution in [3.05, 3.63) is 20.8 Å². The van der Waals surface area contributed by atoms with Gasteiger partial charge in [-0.2, -0.15) is 0 Å². The first-order chi connectivity index (χ1) is 8.26. The van der Waals surface area contributed by atoms with E-state index in [0.29, 0.717) is 6.54 Å². The van der Waals surface area contributed by atoms with Gasteiger partial charge in [-0.15, -0.1) is 17.8 Å². The number of guanidine groups is 1. The molecule has 0 aliphatic heterocycles. The molecule has 0 amide bonds. The van der Waals surface area contributed by atoms with E-state index in [2.05, 4.69) is 49.6 Å². The topological polar surface area (TPSA) is 36.4 Å². The van der Waals surface area contributed by atoms with Gasteiger partial charge in [0.05, 0.1) is 10.3 Å². The van der Waals surface area contributed by atoms with Crippen LogP contribution in [0.5, 0.6) is 0 Å². The van der Waals surface area contributed by atoms with Gasteiger partial charge in [-0.25, -0.2) is 0 Å². The van der Waals surface area contributed by atoms with Crippen molar-refractivity contribution >= 4 is 33.2 Å². The van der Waals surface area contributed by atoms with Crippen LogP contribution in [0, 0.1) is 12.3 Å². The van der Waals surface area contributed by atoms with E-state index in [1.165, 1.54) is 4.88 Å². The molecule has 0 unspecified atom stereocenters. The summed E-state index contributed by atoms with van der Waals surface area (Å²) in [5.41, 5.74) is 0. The third-order valence-corrected chi connectivity index (χ3v) is 3.64. The average Bonchev–Trinajstić information content (AvgIpc) is 2.72. The highest BCUT2D eigenvalue weighted by molar-refractivity contribution is 9.11. The van der Waals surface area contributed by atoms with Gasteiger partial charge in [-0.3, -0.25) is 4.99 Å². The van der Waals surface area contributed by atoms with E-state index in [9.17, 15) is 0 Å². The van der Waals surface area contributed by atoms with Crippen LogP contribution in [-0.4, -0.2) is 25.6 Å². The Morgan fingerprint density at radius 1 is 1.53 bits per heavy atom. The van der Waals surface area contributed by atoms with Crippen LogP contribution < -0.4 is 10.6 Å². The summed E-state index contributed by atoms with van der Waals surface area (Å²) >= 11 is 5.19. The number of rotatable bonds is 5. The lowest BCUT2D eigenvalue weighted by atomic mass is 10.3. The van der Waals surface area contributed by atoms with Crippen LogP contribution in [0.15, 0.2) is 20.9 Å². The molecule has 17 heavy (non-hydrogen) atoms. The van der Waals surface area contributed by atoms with Crippen molar-refractivity contribution in [2.45, 2.75) is 13.3 Å². The molecule has 0 saturated heterocycles. The molecule has 1 heterocycles. The Kier molecular flexibility index (Phi) is 6.75. The molecule has 3 nitrogen and oxygen atoms in total. The lowest BCUT2D eigenvalue weighted by Crippen LogP contribution is -2.37. The molecule has 92 valence electrons. The number of thiophene rings is 1. The summed E-state index contributed by atoms with van der Waals surface area (Å²) < 4.78 is 1.16. The molecule has 0 fully saturated rings. The summed E-state index contributed by atoms with van der Waals surface area (Å²) in [7, 11) is 0. The van der Waals surface area contributed by atoms with Gasteiger partial charge in [0.25, 0.3) is 0 Å². The highest BCUT2D eigenvalue weighted by atomic mass is 79.9. The number of terminal acetylenes is 1. The molecule has 0 saturated carbocycles. The molecule has 0 aromatic carbocycles. The van der Waals surface area contributed by atoms with Crippen molar-refractivity contribution < 1.29 is 0 Å². The fourth-order valence-corrected chi connectivity index (χ4v) is 2.71. The van der Waals surface area contributed by atoms with Crippen LogP contribution in [0.4, 0.5) is 0 Å². The van der Waals surface area contributed by atoms with Crippen LogP contribution in [0.3, 0.4) is 0 Å². The molecule has 0 atom stereocenters. The molecular formula is C12H16BrN3S. The largest absolute Gasteiger partial charge is 0.357 e. The van der Waals surface area contributed by atoms with Crippen LogP contribution in [0.2, 0.25) is 0 Å². The van der Waals surface area contributed by atoms with E-state index in [4.69, 9.17) is 6.42 Å². The third-order valence-electron chi connectivity index (χ3n) is 1.96. The molecule has 5 heteroatoms. The predicted octanol–water partition coefficient (Wildman–Crippen LogP) is 2.24. The van der Waals surface area contributed by atoms with Crippen molar-refractivity contribution in [3.8, 4) is 12.3 Å². The average molecular weight is 314 g/mol. The Morgan fingerprint density at radius 3 is 2.94 bits per heavy atom. The van der Waals surface area contributed by atoms with Crippen molar-refractivity contribution in [1.29, 1.82) is 0 Å². The number of halogens is 1. The fraction of sp³-hybridized carbons (Fsp3) is 0.417. The molecule has 1 rings (SSSR count). The van der Waals surface area contributed by atoms with E-state index in [1.807, 2.05) is 6.92 Å². The Labute approximate surface area is 115 Å². The van der Waals surface area contributed by atoms with Gasteiger partial charge < -0.3 is 10.6 Å². The smallest absolute Gasteiger partial charge is 0.192 e. The normalized spacial score (nSPS) is 11.0. The van der Waals surface area contributed by atoms with Gasteiger partial charge in [0.2, 0.25) is 0 Å². The maximum absolute atomic E-state index is 5.20. The molecule has 1 aromatic heterocycles. The molecule has 0 spiro atoms. The van der Waals surface area contributed by atoms with Crippen LogP contribution >= 0.6 is 27.3 Å². The lowest BCUT2D eigenvalue weighted by Gasteiger charge is -2.08. The molecule has 2 N–H and O–H groups in total. The van der Waals surface area contributed by atoms with Crippen molar-refractivity contribution in [1.82, 2.24) is 10.6 Å². The lowest BCUT2D eigenvalue weighted by molar-refractivity contribution is 0.858. The third kappa shape index (κ3) is 5.76. The first kappa shape index (κ1) is 14.1. The molecule has 0 bridgehead atoms. The van der Waals surface area contributed by atoms with Gasteiger partial charge in [-0.1, -0.05) is 5.92 Å². The first-order valence-corrected chi connectivity index (χ1v) is 7.07. The second kappa shape index (κ2) is 8.15. The van der Waals surface area contributed by atoms with E-state index < -0.39 is 0 Å². The Morgan fingerprint density at radius 2 is 2.35 bits per heavy atom. The van der Waals surface area contributed by atoms with E-state index in [-0.39, 0.29) is 0 Å². The highest BCUT2D eigenvalue weighted by Crippen LogP contribution is 2.22. The van der Waals surface area contributed by atoms with Crippen molar-refractivity contribution in [2.24, 2.45) is 4.99 Å². The summed E-state index contributed by atoms with van der Waals surface area (Å²) in [6.45, 7) is 4.12. The summed E-state index contributed by atoms with van der Waals surface area (Å²) in [5, 5.41) is 6.21. The van der Waals surface area contributed by atoms with Crippen LogP contribution in [0.25, 0.3) is 0 Å². The summed E-state index contributed by atoms with van der Waals surface area (Å²) in [5.74, 6) is 3.31. The summed E-state index contributed by atoms with van der Waals surface area (Å²) in [6.07, 6.45) is 6.14. The Bertz CT molecular complexity index is 406. The number of nitrogens with zero attached hydrogens (tertiary/aromatic N) is 1. The van der Waals surface area contributed by atoms with Crippen molar-refractivity contribution in [3.63, 3.8) is 0 Å². The fourth-order valence-electron chi connectivity index (χ4n) is 1.24. The van der Waals surface area contributed by atoms with Gasteiger partial charge in [0.15, 0.2) is 5.96 Å². The van der Waals surface area contributed by atoms with Gasteiger partial charge >= 0.3 is 0 Å². The van der Waals surface area contributed by atoms with Crippen LogP contribution in [-0.2, 0) is 6.42 Å². The second-order valence-electron chi connectivity index (χ2n) is 3.27. The molecule has 1 aromatic rings. The van der Waals surface area contributed by atoms with Gasteiger partial charge in [-0.05, 0) is 35.0 Å². The van der Waals surface area contributed by atoms with Crippen LogP contribution in [0.1, 0.15) is 11.8 Å². The monoisotopic (exact) mass is 313 g/mol. The number of aliphatic imine (C=N–C) groups is 1. The molecular weight excluding hydrogens is 298 g/mol. The number of hydrogen-bond acceptors (Lipinski definition) is 2. The minimum Gasteiger partial charge on any atom is -0.357 e. The zero-order chi connectivity index (χ0) is 12.5. The maximum Gasteiger partial charge on any atom is 0.192 e. The Hall–Kier alpha value is -0.990. The maximum atomic E-state index is 5.20. The number of nitrogens with one attached hydrogen (secondary N) is 2. The quantitative estimate of drug-likeness (QED) is 0.497. The zero-order valence-electron chi connectivity index (χ0n) is 9.79. The SMILES string of the molecule is C#CCNC(=NCCc1ccc(Br)s1)NCC. The minimum absolute atomic E-state index is 0.496. The van der Waals surface area contributed by atoms with E-state index in [0.717, 1.165) is 29.3 Å². The minimum atomic E-state index is 0.496. The van der Waals surface area contributed by atoms with E-state index in [1.54, 1.807) is 11.3 Å².